The quantitative estimate of drug-likeness (QED) is 0.706. The number of carbonyl (C=O) groups is 2. The molecule has 0 aromatic heterocycles. The molecule has 2 aromatic rings. The van der Waals surface area contributed by atoms with Gasteiger partial charge in [0.2, 0.25) is 0 Å². The first-order valence-corrected chi connectivity index (χ1v) is 7.47. The fourth-order valence-electron chi connectivity index (χ4n) is 1.95. The number of phenols is 1. The van der Waals surface area contributed by atoms with Crippen molar-refractivity contribution >= 4 is 17.6 Å². The van der Waals surface area contributed by atoms with Crippen molar-refractivity contribution in [3.05, 3.63) is 53.6 Å². The van der Waals surface area contributed by atoms with E-state index in [0.29, 0.717) is 23.8 Å². The Morgan fingerprint density at radius 3 is 2.38 bits per heavy atom. The van der Waals surface area contributed by atoms with E-state index in [1.807, 2.05) is 13.8 Å². The Kier molecular flexibility index (Phi) is 5.42. The van der Waals surface area contributed by atoms with Gasteiger partial charge >= 0.3 is 5.97 Å². The lowest BCUT2D eigenvalue weighted by molar-refractivity contribution is 0.0693. The van der Waals surface area contributed by atoms with Crippen LogP contribution < -0.4 is 10.1 Å². The normalized spacial score (nSPS) is 10.5. The first-order valence-electron chi connectivity index (χ1n) is 7.47. The zero-order chi connectivity index (χ0) is 17.7. The Morgan fingerprint density at radius 1 is 1.12 bits per heavy atom. The molecule has 0 saturated carbocycles. The van der Waals surface area contributed by atoms with Gasteiger partial charge in [0.15, 0.2) is 0 Å². The number of anilines is 1. The van der Waals surface area contributed by atoms with Crippen LogP contribution in [0.3, 0.4) is 0 Å². The zero-order valence-corrected chi connectivity index (χ0v) is 13.4. The number of aromatic carboxylic acids is 1. The fourth-order valence-corrected chi connectivity index (χ4v) is 1.95. The Labute approximate surface area is 139 Å². The third-order valence-electron chi connectivity index (χ3n) is 3.18. The van der Waals surface area contributed by atoms with Gasteiger partial charge in [0.05, 0.1) is 6.61 Å². The first kappa shape index (κ1) is 17.3. The summed E-state index contributed by atoms with van der Waals surface area (Å²) in [5, 5.41) is 21.0. The van der Waals surface area contributed by atoms with Crippen molar-refractivity contribution in [2.45, 2.75) is 13.8 Å². The minimum absolute atomic E-state index is 0.273. The predicted molar refractivity (Wildman–Crippen MR) is 89.8 cm³/mol. The number of amides is 1. The molecule has 126 valence electrons. The number of nitrogens with one attached hydrogen (secondary N) is 1. The van der Waals surface area contributed by atoms with Crippen LogP contribution in [0.4, 0.5) is 5.69 Å². The molecule has 0 aliphatic rings. The maximum absolute atomic E-state index is 12.2. The SMILES string of the molecule is CC(C)COc1ccc(C(=O)Nc2ccc(O)c(C(=O)O)c2)cc1. The summed E-state index contributed by atoms with van der Waals surface area (Å²) in [4.78, 5) is 23.2. The average molecular weight is 329 g/mol. The number of ether oxygens (including phenoxy) is 1. The monoisotopic (exact) mass is 329 g/mol. The number of benzene rings is 2. The highest BCUT2D eigenvalue weighted by Crippen LogP contribution is 2.22. The average Bonchev–Trinajstić information content (AvgIpc) is 2.54. The second-order valence-electron chi connectivity index (χ2n) is 5.72. The van der Waals surface area contributed by atoms with Crippen LogP contribution in [0.5, 0.6) is 11.5 Å². The molecular formula is C18H19NO5. The van der Waals surface area contributed by atoms with Crippen molar-refractivity contribution in [3.8, 4) is 11.5 Å². The molecule has 0 fully saturated rings. The molecule has 0 spiro atoms. The van der Waals surface area contributed by atoms with Crippen LogP contribution in [0.1, 0.15) is 34.6 Å². The summed E-state index contributed by atoms with van der Waals surface area (Å²) in [6, 6.07) is 10.5. The zero-order valence-electron chi connectivity index (χ0n) is 13.4. The van der Waals surface area contributed by atoms with E-state index in [-0.39, 0.29) is 22.9 Å². The summed E-state index contributed by atoms with van der Waals surface area (Å²) in [6.07, 6.45) is 0. The lowest BCUT2D eigenvalue weighted by Crippen LogP contribution is -2.12. The van der Waals surface area contributed by atoms with E-state index >= 15 is 0 Å². The van der Waals surface area contributed by atoms with Gasteiger partial charge in [0.1, 0.15) is 17.1 Å². The van der Waals surface area contributed by atoms with Crippen molar-refractivity contribution in [1.82, 2.24) is 0 Å². The summed E-state index contributed by atoms with van der Waals surface area (Å²) in [5.74, 6) is -0.918. The highest BCUT2D eigenvalue weighted by molar-refractivity contribution is 6.05. The lowest BCUT2D eigenvalue weighted by Gasteiger charge is -2.10. The largest absolute Gasteiger partial charge is 0.507 e. The second-order valence-corrected chi connectivity index (χ2v) is 5.72. The molecule has 6 nitrogen and oxygen atoms in total. The van der Waals surface area contributed by atoms with Gasteiger partial charge in [0.25, 0.3) is 5.91 Å². The van der Waals surface area contributed by atoms with Crippen LogP contribution in [-0.4, -0.2) is 28.7 Å². The maximum Gasteiger partial charge on any atom is 0.339 e. The molecule has 6 heteroatoms. The topological polar surface area (TPSA) is 95.9 Å². The fraction of sp³-hybridized carbons (Fsp3) is 0.222. The van der Waals surface area contributed by atoms with E-state index in [9.17, 15) is 14.7 Å². The number of hydrogen-bond acceptors (Lipinski definition) is 4. The van der Waals surface area contributed by atoms with Gasteiger partial charge in [-0.2, -0.15) is 0 Å². The van der Waals surface area contributed by atoms with Crippen LogP contribution in [0.2, 0.25) is 0 Å². The molecule has 24 heavy (non-hydrogen) atoms. The number of hydrogen-bond donors (Lipinski definition) is 3. The molecule has 0 aliphatic carbocycles. The summed E-state index contributed by atoms with van der Waals surface area (Å²) in [5.41, 5.74) is 0.428. The first-order chi connectivity index (χ1) is 11.4. The van der Waals surface area contributed by atoms with E-state index in [1.54, 1.807) is 24.3 Å². The minimum atomic E-state index is -1.27. The number of carboxylic acid groups (broad SMARTS) is 1. The van der Waals surface area contributed by atoms with E-state index in [4.69, 9.17) is 9.84 Å². The molecule has 3 N–H and O–H groups in total. The van der Waals surface area contributed by atoms with Crippen molar-refractivity contribution in [1.29, 1.82) is 0 Å². The number of rotatable bonds is 6. The maximum atomic E-state index is 12.2. The van der Waals surface area contributed by atoms with Crippen molar-refractivity contribution in [2.75, 3.05) is 11.9 Å². The Hall–Kier alpha value is -3.02. The van der Waals surface area contributed by atoms with Crippen LogP contribution >= 0.6 is 0 Å². The highest BCUT2D eigenvalue weighted by atomic mass is 16.5. The molecule has 1 amide bonds. The van der Waals surface area contributed by atoms with Gasteiger partial charge < -0.3 is 20.3 Å². The Balaban J connectivity index is 2.07. The number of carboxylic acids is 1. The number of carbonyl (C=O) groups excluding carboxylic acids is 1. The van der Waals surface area contributed by atoms with Crippen LogP contribution in [0.25, 0.3) is 0 Å². The Morgan fingerprint density at radius 2 is 1.79 bits per heavy atom. The van der Waals surface area contributed by atoms with Gasteiger partial charge in [-0.25, -0.2) is 4.79 Å². The molecule has 0 saturated heterocycles. The molecule has 2 aromatic carbocycles. The smallest absolute Gasteiger partial charge is 0.339 e. The summed E-state index contributed by atoms with van der Waals surface area (Å²) in [6.45, 7) is 4.69. The van der Waals surface area contributed by atoms with Gasteiger partial charge in [-0.15, -0.1) is 0 Å². The van der Waals surface area contributed by atoms with Crippen LogP contribution in [0, 0.1) is 5.92 Å². The van der Waals surface area contributed by atoms with E-state index in [2.05, 4.69) is 5.32 Å². The third kappa shape index (κ3) is 4.49. The molecule has 0 heterocycles. The van der Waals surface area contributed by atoms with Crippen molar-refractivity contribution in [2.24, 2.45) is 5.92 Å². The molecular weight excluding hydrogens is 310 g/mol. The summed E-state index contributed by atoms with van der Waals surface area (Å²) >= 11 is 0. The van der Waals surface area contributed by atoms with E-state index in [1.165, 1.54) is 18.2 Å². The molecule has 0 unspecified atom stereocenters. The van der Waals surface area contributed by atoms with E-state index < -0.39 is 5.97 Å². The molecule has 0 aliphatic heterocycles. The standard InChI is InChI=1S/C18H19NO5/c1-11(2)10-24-14-6-3-12(4-7-14)17(21)19-13-5-8-16(20)15(9-13)18(22)23/h3-9,11,20H,10H2,1-2H3,(H,19,21)(H,22,23). The van der Waals surface area contributed by atoms with Gasteiger partial charge in [0, 0.05) is 11.3 Å². The van der Waals surface area contributed by atoms with Crippen LogP contribution in [0.15, 0.2) is 42.5 Å². The second kappa shape index (κ2) is 7.50. The van der Waals surface area contributed by atoms with E-state index in [0.717, 1.165) is 0 Å². The van der Waals surface area contributed by atoms with Crippen molar-refractivity contribution in [3.63, 3.8) is 0 Å². The Bertz CT molecular complexity index is 738. The lowest BCUT2D eigenvalue weighted by atomic mass is 10.1. The van der Waals surface area contributed by atoms with Gasteiger partial charge in [-0.05, 0) is 48.4 Å². The van der Waals surface area contributed by atoms with Crippen molar-refractivity contribution < 1.29 is 24.5 Å². The summed E-state index contributed by atoms with van der Waals surface area (Å²) < 4.78 is 5.55. The summed E-state index contributed by atoms with van der Waals surface area (Å²) in [7, 11) is 0. The van der Waals surface area contributed by atoms with Gasteiger partial charge in [-0.3, -0.25) is 4.79 Å². The number of aromatic hydroxyl groups is 1. The minimum Gasteiger partial charge on any atom is -0.507 e. The molecule has 0 bridgehead atoms. The van der Waals surface area contributed by atoms with Crippen LogP contribution in [-0.2, 0) is 0 Å². The molecule has 0 atom stereocenters. The predicted octanol–water partition coefficient (Wildman–Crippen LogP) is 3.38. The molecule has 2 rings (SSSR count). The third-order valence-corrected chi connectivity index (χ3v) is 3.18. The van der Waals surface area contributed by atoms with Gasteiger partial charge in [-0.1, -0.05) is 13.8 Å². The highest BCUT2D eigenvalue weighted by Gasteiger charge is 2.12. The molecule has 0 radical (unpaired) electrons.